The lowest BCUT2D eigenvalue weighted by Gasteiger charge is -2.15. The molecule has 0 bridgehead atoms. The lowest BCUT2D eigenvalue weighted by molar-refractivity contribution is -0.274. The molecule has 0 radical (unpaired) electrons. The number of aromatic nitrogens is 3. The van der Waals surface area contributed by atoms with Crippen molar-refractivity contribution >= 4 is 11.7 Å². The van der Waals surface area contributed by atoms with Gasteiger partial charge in [0.25, 0.3) is 0 Å². The quantitative estimate of drug-likeness (QED) is 0.635. The average molecular weight is 429 g/mol. The summed E-state index contributed by atoms with van der Waals surface area (Å²) in [7, 11) is 0. The molecule has 2 heterocycles. The van der Waals surface area contributed by atoms with Gasteiger partial charge in [-0.05, 0) is 43.2 Å². The van der Waals surface area contributed by atoms with Gasteiger partial charge in [0.05, 0.1) is 11.9 Å². The minimum absolute atomic E-state index is 0.173. The van der Waals surface area contributed by atoms with Gasteiger partial charge in [0.15, 0.2) is 5.69 Å². The van der Waals surface area contributed by atoms with Crippen molar-refractivity contribution < 1.29 is 22.7 Å². The molecule has 0 saturated heterocycles. The normalized spacial score (nSPS) is 12.1. The third-order valence-corrected chi connectivity index (χ3v) is 4.51. The van der Waals surface area contributed by atoms with Gasteiger partial charge < -0.3 is 10.1 Å². The van der Waals surface area contributed by atoms with Crippen LogP contribution in [0.3, 0.4) is 0 Å². The molecule has 1 N–H and O–H groups in total. The van der Waals surface area contributed by atoms with E-state index in [9.17, 15) is 23.2 Å². The second kappa shape index (κ2) is 8.87. The molecule has 3 rings (SSSR count). The van der Waals surface area contributed by atoms with Gasteiger partial charge >= 0.3 is 6.36 Å². The van der Waals surface area contributed by atoms with Gasteiger partial charge in [0.2, 0.25) is 5.91 Å². The first-order chi connectivity index (χ1) is 14.7. The molecule has 1 atom stereocenters. The number of pyridine rings is 1. The molecule has 0 fully saturated rings. The van der Waals surface area contributed by atoms with Crippen LogP contribution < -0.4 is 10.1 Å². The Balaban J connectivity index is 1.74. The van der Waals surface area contributed by atoms with Gasteiger partial charge in [-0.25, -0.2) is 4.68 Å². The summed E-state index contributed by atoms with van der Waals surface area (Å²) in [5.74, 6) is -0.798. The fourth-order valence-corrected chi connectivity index (χ4v) is 2.93. The molecule has 0 aliphatic rings. The third kappa shape index (κ3) is 5.39. The Bertz CT molecular complexity index is 1100. The van der Waals surface area contributed by atoms with Crippen LogP contribution >= 0.6 is 0 Å². The second-order valence-electron chi connectivity index (χ2n) is 6.84. The number of amides is 1. The summed E-state index contributed by atoms with van der Waals surface area (Å²) in [5, 5.41) is 16.3. The molecule has 0 aliphatic carbocycles. The number of alkyl halides is 3. The highest BCUT2D eigenvalue weighted by molar-refractivity contribution is 5.93. The molecule has 10 heteroatoms. The number of hydrogen-bond donors (Lipinski definition) is 1. The first kappa shape index (κ1) is 21.8. The Kier molecular flexibility index (Phi) is 6.25. The molecular formula is C21H18F3N5O2. The zero-order chi connectivity index (χ0) is 22.6. The Labute approximate surface area is 176 Å². The van der Waals surface area contributed by atoms with Gasteiger partial charge in [0, 0.05) is 17.7 Å². The highest BCUT2D eigenvalue weighted by Gasteiger charge is 2.31. The van der Waals surface area contributed by atoms with E-state index >= 15 is 0 Å². The second-order valence-corrected chi connectivity index (χ2v) is 6.84. The summed E-state index contributed by atoms with van der Waals surface area (Å²) in [6.07, 6.45) is -1.32. The monoisotopic (exact) mass is 429 g/mol. The fourth-order valence-electron chi connectivity index (χ4n) is 2.93. The van der Waals surface area contributed by atoms with E-state index in [0.717, 1.165) is 0 Å². The topological polar surface area (TPSA) is 92.8 Å². The minimum Gasteiger partial charge on any atom is -0.406 e. The zero-order valence-electron chi connectivity index (χ0n) is 16.6. The van der Waals surface area contributed by atoms with Crippen molar-refractivity contribution in [2.45, 2.75) is 26.6 Å². The van der Waals surface area contributed by atoms with Crippen LogP contribution in [0.1, 0.15) is 23.7 Å². The van der Waals surface area contributed by atoms with E-state index in [1.54, 1.807) is 38.4 Å². The molecule has 0 aliphatic heterocycles. The van der Waals surface area contributed by atoms with Crippen LogP contribution in [-0.4, -0.2) is 27.0 Å². The smallest absolute Gasteiger partial charge is 0.406 e. The lowest BCUT2D eigenvalue weighted by Crippen LogP contribution is -2.24. The van der Waals surface area contributed by atoms with Crippen molar-refractivity contribution in [1.82, 2.24) is 14.8 Å². The SMILES string of the molecule is Cc1c(C#N)nn(-c2cccnc2)c1NC(=O)C(C)Cc1ccc(OC(F)(F)F)cc1. The number of hydrogen-bond acceptors (Lipinski definition) is 5. The van der Waals surface area contributed by atoms with Crippen LogP contribution in [0.25, 0.3) is 5.69 Å². The number of nitriles is 1. The molecule has 1 amide bonds. The standard InChI is InChI=1S/C21H18F3N5O2/c1-13(10-15-5-7-17(8-6-15)31-21(22,23)24)20(30)27-19-14(2)18(11-25)28-29(19)16-4-3-9-26-12-16/h3-9,12-13H,10H2,1-2H3,(H,27,30). The van der Waals surface area contributed by atoms with E-state index < -0.39 is 12.3 Å². The van der Waals surface area contributed by atoms with E-state index in [-0.39, 0.29) is 17.4 Å². The molecule has 0 saturated carbocycles. The van der Waals surface area contributed by atoms with Gasteiger partial charge in [-0.2, -0.15) is 10.4 Å². The molecule has 31 heavy (non-hydrogen) atoms. The van der Waals surface area contributed by atoms with Crippen molar-refractivity contribution in [3.8, 4) is 17.5 Å². The number of carbonyl (C=O) groups excluding carboxylic acids is 1. The molecule has 160 valence electrons. The fraction of sp³-hybridized carbons (Fsp3) is 0.238. The Morgan fingerprint density at radius 3 is 2.58 bits per heavy atom. The van der Waals surface area contributed by atoms with Gasteiger partial charge in [-0.15, -0.1) is 13.2 Å². The van der Waals surface area contributed by atoms with Crippen LogP contribution in [0, 0.1) is 24.2 Å². The number of nitrogens with zero attached hydrogens (tertiary/aromatic N) is 4. The van der Waals surface area contributed by atoms with E-state index in [1.807, 2.05) is 6.07 Å². The predicted molar refractivity (Wildman–Crippen MR) is 105 cm³/mol. The predicted octanol–water partition coefficient (Wildman–Crippen LogP) is 4.16. The highest BCUT2D eigenvalue weighted by atomic mass is 19.4. The van der Waals surface area contributed by atoms with Gasteiger partial charge in [-0.1, -0.05) is 19.1 Å². The number of halogens is 3. The van der Waals surface area contributed by atoms with Crippen LogP contribution in [0.5, 0.6) is 5.75 Å². The number of benzene rings is 1. The van der Waals surface area contributed by atoms with Crippen LogP contribution in [0.4, 0.5) is 19.0 Å². The molecular weight excluding hydrogens is 411 g/mol. The van der Waals surface area contributed by atoms with Crippen LogP contribution in [0.2, 0.25) is 0 Å². The first-order valence-corrected chi connectivity index (χ1v) is 9.23. The summed E-state index contributed by atoms with van der Waals surface area (Å²) in [5.41, 5.74) is 1.94. The number of rotatable bonds is 6. The molecule has 1 unspecified atom stereocenters. The summed E-state index contributed by atoms with van der Waals surface area (Å²) in [4.78, 5) is 16.8. The summed E-state index contributed by atoms with van der Waals surface area (Å²) in [6, 6.07) is 10.8. The van der Waals surface area contributed by atoms with Crippen LogP contribution in [0.15, 0.2) is 48.8 Å². The summed E-state index contributed by atoms with van der Waals surface area (Å²) in [6.45, 7) is 3.37. The lowest BCUT2D eigenvalue weighted by atomic mass is 10.0. The van der Waals surface area contributed by atoms with Gasteiger partial charge in [0.1, 0.15) is 17.6 Å². The van der Waals surface area contributed by atoms with Crippen molar-refractivity contribution in [3.63, 3.8) is 0 Å². The number of nitrogens with one attached hydrogen (secondary N) is 1. The maximum atomic E-state index is 12.8. The summed E-state index contributed by atoms with van der Waals surface area (Å²) < 4.78 is 42.1. The maximum Gasteiger partial charge on any atom is 0.573 e. The van der Waals surface area contributed by atoms with Gasteiger partial charge in [-0.3, -0.25) is 9.78 Å². The van der Waals surface area contributed by atoms with Crippen LogP contribution in [-0.2, 0) is 11.2 Å². The largest absolute Gasteiger partial charge is 0.573 e. The minimum atomic E-state index is -4.76. The Morgan fingerprint density at radius 2 is 2.00 bits per heavy atom. The molecule has 2 aromatic heterocycles. The molecule has 0 spiro atoms. The molecule has 1 aromatic carbocycles. The van der Waals surface area contributed by atoms with E-state index in [4.69, 9.17) is 0 Å². The van der Waals surface area contributed by atoms with E-state index in [2.05, 4.69) is 20.1 Å². The maximum absolute atomic E-state index is 12.8. The average Bonchev–Trinajstić information content (AvgIpc) is 3.04. The van der Waals surface area contributed by atoms with Crippen molar-refractivity contribution in [2.75, 3.05) is 5.32 Å². The zero-order valence-corrected chi connectivity index (χ0v) is 16.6. The third-order valence-electron chi connectivity index (χ3n) is 4.51. The molecule has 3 aromatic rings. The molecule has 7 nitrogen and oxygen atoms in total. The van der Waals surface area contributed by atoms with Crippen molar-refractivity contribution in [3.05, 3.63) is 65.6 Å². The number of carbonyl (C=O) groups is 1. The Hall–Kier alpha value is -3.87. The van der Waals surface area contributed by atoms with Crippen molar-refractivity contribution in [1.29, 1.82) is 5.26 Å². The summed E-state index contributed by atoms with van der Waals surface area (Å²) >= 11 is 0. The van der Waals surface area contributed by atoms with E-state index in [0.29, 0.717) is 29.1 Å². The first-order valence-electron chi connectivity index (χ1n) is 9.23. The number of anilines is 1. The number of ether oxygens (including phenoxy) is 1. The van der Waals surface area contributed by atoms with Crippen molar-refractivity contribution in [2.24, 2.45) is 5.92 Å². The van der Waals surface area contributed by atoms with E-state index in [1.165, 1.54) is 28.9 Å². The highest BCUT2D eigenvalue weighted by Crippen LogP contribution is 2.25. The Morgan fingerprint density at radius 1 is 1.29 bits per heavy atom.